The van der Waals surface area contributed by atoms with Crippen LogP contribution in [0.5, 0.6) is 5.75 Å². The molecule has 1 amide bonds. The SMILES string of the molecule is CCOc1ccc(-c2cnc3c(Nc4ccc(C(=O)N(C)CCCOC(=O)c5ccncc5)c(Cl)c4)nccn23)c(F)c1F. The van der Waals surface area contributed by atoms with Gasteiger partial charge in [-0.05, 0) is 55.8 Å². The molecule has 226 valence electrons. The summed E-state index contributed by atoms with van der Waals surface area (Å²) >= 11 is 6.48. The number of carbonyl (C=O) groups is 2. The Balaban J connectivity index is 1.25. The molecule has 0 aliphatic carbocycles. The van der Waals surface area contributed by atoms with Gasteiger partial charge in [0, 0.05) is 49.6 Å². The molecule has 5 aromatic rings. The van der Waals surface area contributed by atoms with E-state index in [1.165, 1.54) is 41.8 Å². The van der Waals surface area contributed by atoms with Crippen LogP contribution >= 0.6 is 11.6 Å². The van der Waals surface area contributed by atoms with Gasteiger partial charge in [0.05, 0.1) is 41.3 Å². The molecule has 0 saturated carbocycles. The molecule has 0 spiro atoms. The molecule has 10 nitrogen and oxygen atoms in total. The van der Waals surface area contributed by atoms with E-state index in [1.54, 1.807) is 54.9 Å². The number of pyridine rings is 1. The van der Waals surface area contributed by atoms with E-state index < -0.39 is 17.6 Å². The number of rotatable bonds is 11. The monoisotopic (exact) mass is 620 g/mol. The van der Waals surface area contributed by atoms with Crippen LogP contribution in [0.25, 0.3) is 16.9 Å². The normalized spacial score (nSPS) is 10.9. The molecule has 5 rings (SSSR count). The predicted octanol–water partition coefficient (Wildman–Crippen LogP) is 6.18. The third kappa shape index (κ3) is 6.45. The number of hydrogen-bond donors (Lipinski definition) is 1. The average molecular weight is 621 g/mol. The van der Waals surface area contributed by atoms with E-state index in [1.807, 2.05) is 0 Å². The standard InChI is InChI=1S/C31H27ClF2N6O4/c1-3-43-25-8-7-22(26(33)27(25)34)24-18-37-29-28(36-13-15-40(24)29)38-20-5-6-21(23(32)17-20)30(41)39(2)14-4-16-44-31(42)19-9-11-35-12-10-19/h5-13,15,17-18H,3-4,14,16H2,1-2H3,(H,36,38). The number of esters is 1. The average Bonchev–Trinajstić information content (AvgIpc) is 3.46. The quantitative estimate of drug-likeness (QED) is 0.138. The van der Waals surface area contributed by atoms with E-state index >= 15 is 0 Å². The number of nitrogens with one attached hydrogen (secondary N) is 1. The van der Waals surface area contributed by atoms with E-state index in [2.05, 4.69) is 20.3 Å². The van der Waals surface area contributed by atoms with Crippen molar-refractivity contribution in [3.63, 3.8) is 0 Å². The fraction of sp³-hybridized carbons (Fsp3) is 0.194. The second-order valence-electron chi connectivity index (χ2n) is 9.56. The van der Waals surface area contributed by atoms with Gasteiger partial charge < -0.3 is 19.7 Å². The third-order valence-electron chi connectivity index (χ3n) is 6.65. The van der Waals surface area contributed by atoms with E-state index in [4.69, 9.17) is 21.1 Å². The number of benzene rings is 2. The molecule has 0 saturated heterocycles. The summed E-state index contributed by atoms with van der Waals surface area (Å²) in [6, 6.07) is 10.8. The number of amides is 1. The maximum absolute atomic E-state index is 14.9. The molecule has 0 fully saturated rings. The van der Waals surface area contributed by atoms with Crippen molar-refractivity contribution in [2.24, 2.45) is 0 Å². The Labute approximate surface area is 256 Å². The summed E-state index contributed by atoms with van der Waals surface area (Å²) in [5.41, 5.74) is 1.91. The topological polar surface area (TPSA) is 111 Å². The van der Waals surface area contributed by atoms with Crippen molar-refractivity contribution >= 4 is 40.6 Å². The number of nitrogens with zero attached hydrogens (tertiary/aromatic N) is 5. The van der Waals surface area contributed by atoms with Gasteiger partial charge in [-0.15, -0.1) is 0 Å². The molecule has 3 aromatic heterocycles. The molecule has 0 aliphatic heterocycles. The Hall–Kier alpha value is -5.10. The lowest BCUT2D eigenvalue weighted by Gasteiger charge is -2.18. The summed E-state index contributed by atoms with van der Waals surface area (Å²) in [5, 5.41) is 3.33. The van der Waals surface area contributed by atoms with Crippen molar-refractivity contribution < 1.29 is 27.8 Å². The number of aromatic nitrogens is 4. The second-order valence-corrected chi connectivity index (χ2v) is 9.96. The molecule has 0 aliphatic rings. The largest absolute Gasteiger partial charge is 0.491 e. The summed E-state index contributed by atoms with van der Waals surface area (Å²) in [4.78, 5) is 39.1. The highest BCUT2D eigenvalue weighted by atomic mass is 35.5. The number of ether oxygens (including phenoxy) is 2. The molecule has 0 radical (unpaired) electrons. The highest BCUT2D eigenvalue weighted by Gasteiger charge is 2.20. The van der Waals surface area contributed by atoms with Crippen LogP contribution in [0.4, 0.5) is 20.3 Å². The van der Waals surface area contributed by atoms with Gasteiger partial charge in [-0.2, -0.15) is 4.39 Å². The van der Waals surface area contributed by atoms with Gasteiger partial charge in [0.25, 0.3) is 5.91 Å². The van der Waals surface area contributed by atoms with Crippen LogP contribution in [0, 0.1) is 11.6 Å². The minimum Gasteiger partial charge on any atom is -0.491 e. The fourth-order valence-corrected chi connectivity index (χ4v) is 4.71. The summed E-state index contributed by atoms with van der Waals surface area (Å²) in [6.45, 7) is 2.37. The molecule has 0 unspecified atom stereocenters. The molecule has 44 heavy (non-hydrogen) atoms. The number of fused-ring (bicyclic) bond motifs is 1. The van der Waals surface area contributed by atoms with Crippen LogP contribution in [0.1, 0.15) is 34.1 Å². The molecule has 13 heteroatoms. The maximum atomic E-state index is 14.9. The summed E-state index contributed by atoms with van der Waals surface area (Å²) in [7, 11) is 1.63. The van der Waals surface area contributed by atoms with Crippen LogP contribution in [0.3, 0.4) is 0 Å². The Morgan fingerprint density at radius 1 is 1.05 bits per heavy atom. The molecular weight excluding hydrogens is 594 g/mol. The lowest BCUT2D eigenvalue weighted by Crippen LogP contribution is -2.28. The van der Waals surface area contributed by atoms with Crippen molar-refractivity contribution in [1.82, 2.24) is 24.3 Å². The van der Waals surface area contributed by atoms with Crippen LogP contribution in [0.15, 0.2) is 73.4 Å². The first-order valence-corrected chi connectivity index (χ1v) is 14.0. The van der Waals surface area contributed by atoms with Gasteiger partial charge in [0.15, 0.2) is 23.0 Å². The maximum Gasteiger partial charge on any atom is 0.338 e. The zero-order valence-electron chi connectivity index (χ0n) is 23.8. The van der Waals surface area contributed by atoms with Gasteiger partial charge in [-0.25, -0.2) is 19.2 Å². The van der Waals surface area contributed by atoms with Gasteiger partial charge in [-0.3, -0.25) is 14.2 Å². The Bertz CT molecular complexity index is 1820. The molecule has 0 atom stereocenters. The van der Waals surface area contributed by atoms with Gasteiger partial charge in [0.1, 0.15) is 0 Å². The first-order valence-electron chi connectivity index (χ1n) is 13.6. The molecular formula is C31H27ClF2N6O4. The van der Waals surface area contributed by atoms with Crippen molar-refractivity contribution in [2.75, 3.05) is 32.1 Å². The highest BCUT2D eigenvalue weighted by Crippen LogP contribution is 2.32. The molecule has 0 bridgehead atoms. The van der Waals surface area contributed by atoms with Gasteiger partial charge in [0.2, 0.25) is 5.82 Å². The number of imidazole rings is 1. The number of carbonyl (C=O) groups excluding carboxylic acids is 2. The molecule has 1 N–H and O–H groups in total. The Kier molecular flexibility index (Phi) is 9.29. The van der Waals surface area contributed by atoms with Crippen LogP contribution in [0.2, 0.25) is 5.02 Å². The Morgan fingerprint density at radius 2 is 1.84 bits per heavy atom. The number of hydrogen-bond acceptors (Lipinski definition) is 8. The van der Waals surface area contributed by atoms with E-state index in [0.717, 1.165) is 0 Å². The lowest BCUT2D eigenvalue weighted by molar-refractivity contribution is 0.0488. The minimum absolute atomic E-state index is 0.0116. The second kappa shape index (κ2) is 13.5. The summed E-state index contributed by atoms with van der Waals surface area (Å²) in [6.07, 6.45) is 7.95. The van der Waals surface area contributed by atoms with Gasteiger partial charge >= 0.3 is 5.97 Å². The van der Waals surface area contributed by atoms with Crippen LogP contribution in [-0.4, -0.2) is 62.9 Å². The number of anilines is 2. The molecule has 2 aromatic carbocycles. The highest BCUT2D eigenvalue weighted by molar-refractivity contribution is 6.34. The minimum atomic E-state index is -1.08. The summed E-state index contributed by atoms with van der Waals surface area (Å²) < 4.78 is 41.4. The van der Waals surface area contributed by atoms with Gasteiger partial charge in [-0.1, -0.05) is 11.6 Å². The Morgan fingerprint density at radius 3 is 2.59 bits per heavy atom. The fourth-order valence-electron chi connectivity index (χ4n) is 4.45. The zero-order valence-corrected chi connectivity index (χ0v) is 24.5. The van der Waals surface area contributed by atoms with Crippen molar-refractivity contribution in [1.29, 1.82) is 0 Å². The van der Waals surface area contributed by atoms with E-state index in [-0.39, 0.29) is 41.0 Å². The lowest BCUT2D eigenvalue weighted by atomic mass is 10.1. The van der Waals surface area contributed by atoms with Crippen molar-refractivity contribution in [3.8, 4) is 17.0 Å². The van der Waals surface area contributed by atoms with E-state index in [0.29, 0.717) is 41.4 Å². The number of halogens is 3. The first kappa shape index (κ1) is 30.4. The zero-order chi connectivity index (χ0) is 31.2. The summed E-state index contributed by atoms with van der Waals surface area (Å²) in [5.74, 6) is -2.72. The molecule has 3 heterocycles. The van der Waals surface area contributed by atoms with Crippen molar-refractivity contribution in [3.05, 3.63) is 101 Å². The first-order chi connectivity index (χ1) is 21.3. The van der Waals surface area contributed by atoms with Crippen LogP contribution < -0.4 is 10.1 Å². The van der Waals surface area contributed by atoms with E-state index in [9.17, 15) is 18.4 Å². The predicted molar refractivity (Wildman–Crippen MR) is 160 cm³/mol. The van der Waals surface area contributed by atoms with Crippen LogP contribution in [-0.2, 0) is 4.74 Å². The van der Waals surface area contributed by atoms with Crippen molar-refractivity contribution in [2.45, 2.75) is 13.3 Å². The smallest absolute Gasteiger partial charge is 0.338 e. The third-order valence-corrected chi connectivity index (χ3v) is 6.96.